The molecule has 37 heteroatoms. The van der Waals surface area contributed by atoms with Crippen LogP contribution in [0.3, 0.4) is 0 Å². The first kappa shape index (κ1) is 129. The van der Waals surface area contributed by atoms with Crippen molar-refractivity contribution < 1.29 is 202 Å². The van der Waals surface area contributed by atoms with Crippen LogP contribution in [0.2, 0.25) is 0 Å². The number of aromatic carboxylic acids is 2. The van der Waals surface area contributed by atoms with Gasteiger partial charge in [-0.15, -0.1) is 162 Å². The van der Waals surface area contributed by atoms with Gasteiger partial charge < -0.3 is 94.7 Å². The van der Waals surface area contributed by atoms with Crippen molar-refractivity contribution in [3.05, 3.63) is 352 Å². The molecule has 0 bridgehead atoms. The van der Waals surface area contributed by atoms with Crippen LogP contribution in [0.4, 0.5) is 17.6 Å². The Bertz CT molecular complexity index is 5100. The average Bonchev–Trinajstić information content (AvgIpc) is 1.66. The van der Waals surface area contributed by atoms with Gasteiger partial charge >= 0.3 is 11.9 Å². The number of aliphatic hydroxyl groups is 4. The number of aliphatic hydroxyl groups excluding tert-OH is 4. The number of carbonyl (C=O) groups is 6. The Balaban J connectivity index is -0.00000143. The van der Waals surface area contributed by atoms with Crippen LogP contribution >= 0.6 is 0 Å². The second-order valence-electron chi connectivity index (χ2n) is 28.4. The number of carbonyl (C=O) groups excluding carboxylic acids is 4. The molecule has 0 saturated heterocycles. The van der Waals surface area contributed by atoms with E-state index in [-0.39, 0.29) is 189 Å². The number of methoxy groups -OCH3 is 1. The van der Waals surface area contributed by atoms with E-state index in [1.807, 2.05) is 122 Å². The van der Waals surface area contributed by atoms with E-state index in [9.17, 15) is 46.3 Å². The van der Waals surface area contributed by atoms with Gasteiger partial charge in [-0.2, -0.15) is 0 Å². The van der Waals surface area contributed by atoms with Gasteiger partial charge in [0, 0.05) is 306 Å². The number of likely N-dealkylation sites (N-methyl/N-ethyl adjacent to an activating group) is 5. The van der Waals surface area contributed by atoms with Gasteiger partial charge in [0.2, 0.25) is 0 Å². The zero-order chi connectivity index (χ0) is 96.0. The molecule has 6 radical (unpaired) electrons. The fourth-order valence-corrected chi connectivity index (χ4v) is 11.4. The number of ketones is 4. The average molecular weight is 2930 g/mol. The smallest absolute Gasteiger partial charge is 0.354 e. The Hall–Kier alpha value is -11.1. The summed E-state index contributed by atoms with van der Waals surface area (Å²) in [5.74, 6) is 1.44. The molecule has 6 N–H and O–H groups in total. The molecular weight excluding hydrogens is 2820 g/mol. The molecular formula is C99H110F4Ir6N14O13-6. The second-order valence-corrected chi connectivity index (χ2v) is 28.4. The van der Waals surface area contributed by atoms with Gasteiger partial charge in [0.15, 0.2) is 23.1 Å². The number of aliphatic imine (C=N–C) groups is 6. The molecule has 27 nitrogen and oxygen atoms in total. The Morgan fingerprint density at radius 1 is 0.353 bits per heavy atom. The monoisotopic (exact) mass is 2940 g/mol. The number of hydrogen-bond donors (Lipinski definition) is 6. The van der Waals surface area contributed by atoms with E-state index in [0.717, 1.165) is 148 Å². The van der Waals surface area contributed by atoms with Gasteiger partial charge in [0.25, 0.3) is 0 Å². The molecule has 0 saturated carbocycles. The molecule has 0 atom stereocenters. The Labute approximate surface area is 874 Å². The van der Waals surface area contributed by atoms with E-state index < -0.39 is 35.2 Å². The quantitative estimate of drug-likeness (QED) is 0.0240. The zero-order valence-electron chi connectivity index (χ0n) is 77.3. The number of amidine groups is 6. The largest absolute Gasteiger partial charge is 0.540 e. The molecule has 6 aliphatic heterocycles. The van der Waals surface area contributed by atoms with Crippen molar-refractivity contribution in [3.8, 4) is 5.75 Å². The van der Waals surface area contributed by atoms with Crippen LogP contribution in [-0.4, -0.2) is 261 Å². The minimum absolute atomic E-state index is 0. The second kappa shape index (κ2) is 72.2. The number of allylic oxidation sites excluding steroid dienone is 8. The number of carboxylic acids is 2. The van der Waals surface area contributed by atoms with Crippen molar-refractivity contribution in [1.29, 1.82) is 0 Å². The number of benzene rings is 7. The first-order chi connectivity index (χ1) is 62.0. The van der Waals surface area contributed by atoms with Crippen LogP contribution in [-0.2, 0) is 146 Å². The summed E-state index contributed by atoms with van der Waals surface area (Å²) >= 11 is 0. The molecule has 0 spiro atoms. The molecule has 7 aromatic carbocycles. The summed E-state index contributed by atoms with van der Waals surface area (Å²) in [6.45, 7) is 22.8. The molecule has 9 aromatic rings. The topological polar surface area (TPSA) is 352 Å². The maximum Gasteiger partial charge on any atom is 0.354 e. The summed E-state index contributed by atoms with van der Waals surface area (Å²) in [7, 11) is 11.5. The van der Waals surface area contributed by atoms with Crippen molar-refractivity contribution in [3.63, 3.8) is 0 Å². The van der Waals surface area contributed by atoms with Gasteiger partial charge in [-0.1, -0.05) is 65.7 Å². The maximum absolute atomic E-state index is 13.3. The van der Waals surface area contributed by atoms with Crippen molar-refractivity contribution in [2.75, 3.05) is 121 Å². The SMILES string of the molecule is CC(=O)C=C(C)O.CC(=O)C=C(C)O.CC(=O)C=C(C)O.CC(=O)C=C(C)O.CN1CCN=C1c1[c-]cc(F)cc1F.CN1CCN=C1c1[c-]cc(F)cc1F.CN1CCN=C1c1[c-]cccc1.CN1CCN=C1c1[c-]cccc1.COc1c[c-]c(C2=NCCN2C)cc1.O=C(O)c1ccccn1.O=C(O)c1ccccn1.[Ir].[Ir].[Ir].[Ir].[Ir].[Ir].[c-]1ccccc1C1=NCCN1Cc1ccccc1. The van der Waals surface area contributed by atoms with Gasteiger partial charge in [0.1, 0.15) is 11.4 Å². The molecule has 0 fully saturated rings. The van der Waals surface area contributed by atoms with E-state index in [1.54, 1.807) is 31.4 Å². The van der Waals surface area contributed by atoms with E-state index in [1.165, 1.54) is 110 Å². The maximum atomic E-state index is 13.3. The summed E-state index contributed by atoms with van der Waals surface area (Å²) in [6, 6.07) is 71.5. The Morgan fingerprint density at radius 2 is 0.647 bits per heavy atom. The summed E-state index contributed by atoms with van der Waals surface area (Å²) < 4.78 is 56.9. The van der Waals surface area contributed by atoms with E-state index in [0.29, 0.717) is 24.8 Å². The van der Waals surface area contributed by atoms with Gasteiger partial charge in [0.05, 0.1) is 30.1 Å². The van der Waals surface area contributed by atoms with E-state index in [4.69, 9.17) is 35.4 Å². The predicted molar refractivity (Wildman–Crippen MR) is 497 cm³/mol. The number of ether oxygens (including phenoxy) is 1. The third-order valence-electron chi connectivity index (χ3n) is 17.1. The Morgan fingerprint density at radius 3 is 0.882 bits per heavy atom. The summed E-state index contributed by atoms with van der Waals surface area (Å²) in [5, 5.41) is 50.1. The van der Waals surface area contributed by atoms with Crippen molar-refractivity contribution >= 4 is 70.1 Å². The minimum atomic E-state index is -0.990. The van der Waals surface area contributed by atoms with Crippen LogP contribution < -0.4 is 4.74 Å². The fourth-order valence-electron chi connectivity index (χ4n) is 11.4. The summed E-state index contributed by atoms with van der Waals surface area (Å²) in [6.07, 6.45) is 7.56. The normalized spacial score (nSPS) is 13.2. The molecule has 0 aliphatic carbocycles. The van der Waals surface area contributed by atoms with Crippen LogP contribution in [0, 0.1) is 59.7 Å². The number of aromatic nitrogens is 2. The minimum Gasteiger partial charge on any atom is -0.540 e. The molecule has 8 heterocycles. The van der Waals surface area contributed by atoms with Crippen LogP contribution in [0.5, 0.6) is 5.75 Å². The number of rotatable bonds is 15. The molecule has 6 aliphatic rings. The molecule has 742 valence electrons. The molecule has 0 amide bonds. The number of pyridine rings is 2. The number of hydrogen-bond acceptors (Lipinski definition) is 25. The van der Waals surface area contributed by atoms with Crippen LogP contribution in [0.1, 0.15) is 115 Å². The third kappa shape index (κ3) is 52.2. The van der Waals surface area contributed by atoms with Gasteiger partial charge in [-0.05, 0) is 120 Å². The first-order valence-electron chi connectivity index (χ1n) is 40.6. The zero-order valence-corrected chi connectivity index (χ0v) is 91.7. The summed E-state index contributed by atoms with van der Waals surface area (Å²) in [4.78, 5) is 106. The van der Waals surface area contributed by atoms with Gasteiger partial charge in [-0.3, -0.25) is 36.7 Å². The standard InChI is InChI=1S/C16H15N2.C11H13N2O.2C10H9F2N2.2C10H11N2.2C6H5NO2.4C5H8O2.6Ir/c1-3-7-14(8-4-1)13-18-12-11-17-16(18)15-9-5-2-6-10-15;1-13-8-7-12-11(13)9-3-5-10(14-2)6-4-9;2*1-14-5-4-13-10(14)8-3-2-7(11)6-9(8)12;2*1-12-8-7-11-10(12)9-5-3-2-4-6-9;2*8-6(9)5-3-1-2-4-7-5;4*1-4(6)3-5(2)7;;;;;;/h1-9H,11-13H2;3,5-6H,7-8H2,1-2H3;2*2,6H,4-5H2,1H3;2*2-5H,7-8H2,1H3;2*1-4H,(H,8,9);4*3,6H,1-2H3;;;;;;/q6*-1;;;;;;;;;;;;. The molecule has 136 heavy (non-hydrogen) atoms. The third-order valence-corrected chi connectivity index (χ3v) is 17.1. The van der Waals surface area contributed by atoms with Crippen molar-refractivity contribution in [2.24, 2.45) is 30.0 Å². The molecule has 15 rings (SSSR count). The number of halogens is 4. The Kier molecular flexibility index (Phi) is 68.5. The van der Waals surface area contributed by atoms with Gasteiger partial charge in [-0.25, -0.2) is 19.6 Å². The van der Waals surface area contributed by atoms with E-state index >= 15 is 0 Å². The van der Waals surface area contributed by atoms with Crippen LogP contribution in [0.25, 0.3) is 0 Å². The predicted octanol–water partition coefficient (Wildman–Crippen LogP) is 14.9. The number of carboxylic acid groups (broad SMARTS) is 2. The van der Waals surface area contributed by atoms with E-state index in [2.05, 4.69) is 140 Å². The van der Waals surface area contributed by atoms with Crippen molar-refractivity contribution in [2.45, 2.75) is 61.9 Å². The molecule has 2 aromatic heterocycles. The van der Waals surface area contributed by atoms with Crippen molar-refractivity contribution in [1.82, 2.24) is 39.4 Å². The summed E-state index contributed by atoms with van der Waals surface area (Å²) in [5.41, 5.74) is 6.28. The number of nitrogens with zero attached hydrogens (tertiary/aromatic N) is 14. The molecule has 0 unspecified atom stereocenters. The van der Waals surface area contributed by atoms with Crippen LogP contribution in [0.15, 0.2) is 272 Å². The fraction of sp³-hybridized carbons (Fsp3) is 0.273. The first-order valence-corrected chi connectivity index (χ1v) is 40.6.